The molecule has 2 aliphatic rings. The number of nitrogens with zero attached hydrogens (tertiary/aromatic N) is 2. The average molecular weight is 500 g/mol. The highest BCUT2D eigenvalue weighted by atomic mass is 32.2. The van der Waals surface area contributed by atoms with Crippen molar-refractivity contribution in [2.24, 2.45) is 5.92 Å². The van der Waals surface area contributed by atoms with Crippen LogP contribution in [0.3, 0.4) is 0 Å². The van der Waals surface area contributed by atoms with Crippen LogP contribution in [-0.4, -0.2) is 62.2 Å². The molecule has 2 aliphatic heterocycles. The summed E-state index contributed by atoms with van der Waals surface area (Å²) in [7, 11) is -3.61. The van der Waals surface area contributed by atoms with Crippen LogP contribution in [0.4, 0.5) is 5.69 Å². The van der Waals surface area contributed by atoms with Gasteiger partial charge in [-0.1, -0.05) is 12.1 Å². The number of sulfonamides is 1. The van der Waals surface area contributed by atoms with Crippen LogP contribution in [0.25, 0.3) is 0 Å². The highest BCUT2D eigenvalue weighted by molar-refractivity contribution is 7.89. The number of piperidine rings is 1. The molecule has 0 bridgehead atoms. The Morgan fingerprint density at radius 2 is 1.57 bits per heavy atom. The maximum atomic E-state index is 13.0. The van der Waals surface area contributed by atoms with E-state index in [1.165, 1.54) is 4.31 Å². The molecule has 0 unspecified atom stereocenters. The summed E-state index contributed by atoms with van der Waals surface area (Å²) in [5.74, 6) is 0.418. The van der Waals surface area contributed by atoms with Crippen molar-refractivity contribution in [3.63, 3.8) is 0 Å². The van der Waals surface area contributed by atoms with Crippen molar-refractivity contribution in [3.05, 3.63) is 54.1 Å². The first-order chi connectivity index (χ1) is 16.9. The molecule has 188 valence electrons. The lowest BCUT2D eigenvalue weighted by atomic mass is 9.97. The third-order valence-electron chi connectivity index (χ3n) is 6.63. The Kier molecular flexibility index (Phi) is 8.07. The molecular formula is C26H33N3O5S. The van der Waals surface area contributed by atoms with Crippen molar-refractivity contribution in [3.8, 4) is 5.75 Å². The van der Waals surface area contributed by atoms with Gasteiger partial charge in [-0.05, 0) is 74.6 Å². The zero-order valence-electron chi connectivity index (χ0n) is 20.1. The zero-order valence-corrected chi connectivity index (χ0v) is 20.9. The van der Waals surface area contributed by atoms with Crippen molar-refractivity contribution in [1.82, 2.24) is 9.21 Å². The van der Waals surface area contributed by atoms with Crippen molar-refractivity contribution in [1.29, 1.82) is 0 Å². The van der Waals surface area contributed by atoms with Gasteiger partial charge in [0.15, 0.2) is 0 Å². The fourth-order valence-electron chi connectivity index (χ4n) is 4.59. The number of benzene rings is 2. The topological polar surface area (TPSA) is 96.0 Å². The molecule has 2 amide bonds. The van der Waals surface area contributed by atoms with E-state index in [0.29, 0.717) is 50.4 Å². The maximum Gasteiger partial charge on any atom is 0.243 e. The standard InChI is InChI=1S/C26H33N3O5S/c1-2-34-23-9-11-24(12-10-23)35(32,33)29-17-13-21(14-18-29)26(31)27-22-7-5-20(6-8-22)19-25(30)28-15-3-4-16-28/h5-12,21H,2-4,13-19H2,1H3,(H,27,31). The van der Waals surface area contributed by atoms with Gasteiger partial charge in [-0.3, -0.25) is 9.59 Å². The summed E-state index contributed by atoms with van der Waals surface area (Å²) >= 11 is 0. The Balaban J connectivity index is 1.27. The van der Waals surface area contributed by atoms with E-state index in [1.54, 1.807) is 24.3 Å². The van der Waals surface area contributed by atoms with E-state index in [-0.39, 0.29) is 22.6 Å². The zero-order chi connectivity index (χ0) is 24.8. The summed E-state index contributed by atoms with van der Waals surface area (Å²) in [6.45, 7) is 4.67. The molecule has 0 spiro atoms. The number of anilines is 1. The molecule has 0 saturated carbocycles. The second-order valence-electron chi connectivity index (χ2n) is 9.03. The van der Waals surface area contributed by atoms with Gasteiger partial charge in [-0.25, -0.2) is 8.42 Å². The summed E-state index contributed by atoms with van der Waals surface area (Å²) < 4.78 is 32.8. The number of amides is 2. The van der Waals surface area contributed by atoms with E-state index >= 15 is 0 Å². The molecule has 2 saturated heterocycles. The normalized spacial score (nSPS) is 17.3. The Labute approximate surface area is 207 Å². The number of carbonyl (C=O) groups is 2. The fourth-order valence-corrected chi connectivity index (χ4v) is 6.05. The molecule has 2 fully saturated rings. The Morgan fingerprint density at radius 3 is 2.17 bits per heavy atom. The molecule has 9 heteroatoms. The molecule has 35 heavy (non-hydrogen) atoms. The van der Waals surface area contributed by atoms with Crippen LogP contribution in [0.15, 0.2) is 53.4 Å². The quantitative estimate of drug-likeness (QED) is 0.601. The predicted molar refractivity (Wildman–Crippen MR) is 134 cm³/mol. The van der Waals surface area contributed by atoms with Gasteiger partial charge in [0.1, 0.15) is 5.75 Å². The smallest absolute Gasteiger partial charge is 0.243 e. The van der Waals surface area contributed by atoms with Crippen molar-refractivity contribution in [2.45, 2.75) is 43.9 Å². The molecule has 4 rings (SSSR count). The van der Waals surface area contributed by atoms with E-state index in [2.05, 4.69) is 5.32 Å². The molecule has 0 atom stereocenters. The third-order valence-corrected chi connectivity index (χ3v) is 8.55. The van der Waals surface area contributed by atoms with Crippen molar-refractivity contribution < 1.29 is 22.7 Å². The summed E-state index contributed by atoms with van der Waals surface area (Å²) in [5.41, 5.74) is 1.60. The Morgan fingerprint density at radius 1 is 0.943 bits per heavy atom. The van der Waals surface area contributed by atoms with Gasteiger partial charge in [0.05, 0.1) is 17.9 Å². The van der Waals surface area contributed by atoms with Crippen LogP contribution in [0.1, 0.15) is 38.2 Å². The fraction of sp³-hybridized carbons (Fsp3) is 0.462. The lowest BCUT2D eigenvalue weighted by Crippen LogP contribution is -2.41. The molecular weight excluding hydrogens is 466 g/mol. The minimum absolute atomic E-state index is 0.107. The largest absolute Gasteiger partial charge is 0.494 e. The monoisotopic (exact) mass is 499 g/mol. The molecule has 2 heterocycles. The molecule has 0 aromatic heterocycles. The number of carbonyl (C=O) groups excluding carboxylic acids is 2. The van der Waals surface area contributed by atoms with Gasteiger partial charge in [-0.2, -0.15) is 4.31 Å². The lowest BCUT2D eigenvalue weighted by molar-refractivity contribution is -0.129. The molecule has 0 radical (unpaired) electrons. The van der Waals surface area contributed by atoms with Gasteiger partial charge in [0.25, 0.3) is 0 Å². The number of hydrogen-bond acceptors (Lipinski definition) is 5. The summed E-state index contributed by atoms with van der Waals surface area (Å²) in [4.78, 5) is 27.2. The number of likely N-dealkylation sites (tertiary alicyclic amines) is 1. The number of nitrogens with one attached hydrogen (secondary N) is 1. The molecule has 1 N–H and O–H groups in total. The number of hydrogen-bond donors (Lipinski definition) is 1. The molecule has 2 aromatic carbocycles. The summed E-state index contributed by atoms with van der Waals surface area (Å²) in [6.07, 6.45) is 3.44. The summed E-state index contributed by atoms with van der Waals surface area (Å²) in [5, 5.41) is 2.93. The Hall–Kier alpha value is -2.91. The van der Waals surface area contributed by atoms with Gasteiger partial charge in [-0.15, -0.1) is 0 Å². The summed E-state index contributed by atoms with van der Waals surface area (Å²) in [6, 6.07) is 13.8. The van der Waals surface area contributed by atoms with E-state index in [4.69, 9.17) is 4.74 Å². The predicted octanol–water partition coefficient (Wildman–Crippen LogP) is 3.29. The van der Waals surface area contributed by atoms with Crippen LogP contribution in [0.2, 0.25) is 0 Å². The SMILES string of the molecule is CCOc1ccc(S(=O)(=O)N2CCC(C(=O)Nc3ccc(CC(=O)N4CCCC4)cc3)CC2)cc1. The van der Waals surface area contributed by atoms with Crippen molar-refractivity contribution in [2.75, 3.05) is 38.1 Å². The first-order valence-corrected chi connectivity index (χ1v) is 13.7. The van der Waals surface area contributed by atoms with Crippen molar-refractivity contribution >= 4 is 27.5 Å². The van der Waals surface area contributed by atoms with Crippen LogP contribution >= 0.6 is 0 Å². The Bertz CT molecular complexity index is 1120. The van der Waals surface area contributed by atoms with Gasteiger partial charge >= 0.3 is 0 Å². The van der Waals surface area contributed by atoms with Gasteiger partial charge in [0.2, 0.25) is 21.8 Å². The number of ether oxygens (including phenoxy) is 1. The van der Waals surface area contributed by atoms with E-state index in [9.17, 15) is 18.0 Å². The van der Waals surface area contributed by atoms with Crippen LogP contribution < -0.4 is 10.1 Å². The second-order valence-corrected chi connectivity index (χ2v) is 11.0. The minimum Gasteiger partial charge on any atom is -0.494 e. The third kappa shape index (κ3) is 6.21. The molecule has 0 aliphatic carbocycles. The first-order valence-electron chi connectivity index (χ1n) is 12.3. The van der Waals surface area contributed by atoms with Crippen LogP contribution in [0.5, 0.6) is 5.75 Å². The second kappa shape index (κ2) is 11.2. The molecule has 2 aromatic rings. The minimum atomic E-state index is -3.61. The van der Waals surface area contributed by atoms with E-state index in [0.717, 1.165) is 31.5 Å². The van der Waals surface area contributed by atoms with E-state index in [1.807, 2.05) is 36.1 Å². The van der Waals surface area contributed by atoms with Gasteiger partial charge < -0.3 is 15.0 Å². The lowest BCUT2D eigenvalue weighted by Gasteiger charge is -2.30. The highest BCUT2D eigenvalue weighted by Crippen LogP contribution is 2.26. The highest BCUT2D eigenvalue weighted by Gasteiger charge is 2.32. The molecule has 8 nitrogen and oxygen atoms in total. The van der Waals surface area contributed by atoms with Crippen LogP contribution in [0, 0.1) is 5.92 Å². The van der Waals surface area contributed by atoms with E-state index < -0.39 is 10.0 Å². The average Bonchev–Trinajstić information content (AvgIpc) is 3.41. The first kappa shape index (κ1) is 25.2. The van der Waals surface area contributed by atoms with Crippen LogP contribution in [-0.2, 0) is 26.0 Å². The number of rotatable bonds is 8. The van der Waals surface area contributed by atoms with Gasteiger partial charge in [0, 0.05) is 37.8 Å². The maximum absolute atomic E-state index is 13.0.